The normalized spacial score (nSPS) is 31.9. The molecular weight excluding hydrogens is 268 g/mol. The van der Waals surface area contributed by atoms with Crippen LogP contribution in [-0.2, 0) is 4.74 Å². The fourth-order valence-electron chi connectivity index (χ4n) is 2.64. The zero-order valence-corrected chi connectivity index (χ0v) is 10.5. The molecule has 0 spiro atoms. The SMILES string of the molecule is Nc1ccc(NC2CC3CCC2O3)c(Br)c1. The number of anilines is 2. The second-order valence-electron chi connectivity index (χ2n) is 4.60. The van der Waals surface area contributed by atoms with Gasteiger partial charge in [0.15, 0.2) is 0 Å². The number of benzene rings is 1. The van der Waals surface area contributed by atoms with Crippen LogP contribution in [0.3, 0.4) is 0 Å². The maximum Gasteiger partial charge on any atom is 0.0781 e. The van der Waals surface area contributed by atoms with Gasteiger partial charge in [0.2, 0.25) is 0 Å². The topological polar surface area (TPSA) is 47.3 Å². The van der Waals surface area contributed by atoms with Crippen molar-refractivity contribution >= 4 is 27.3 Å². The number of rotatable bonds is 2. The van der Waals surface area contributed by atoms with Gasteiger partial charge in [-0.3, -0.25) is 0 Å². The van der Waals surface area contributed by atoms with E-state index in [0.717, 1.165) is 22.3 Å². The molecule has 2 saturated heterocycles. The third-order valence-electron chi connectivity index (χ3n) is 3.44. The smallest absolute Gasteiger partial charge is 0.0781 e. The zero-order valence-electron chi connectivity index (χ0n) is 8.95. The molecule has 0 amide bonds. The third-order valence-corrected chi connectivity index (χ3v) is 4.10. The van der Waals surface area contributed by atoms with Crippen molar-refractivity contribution in [1.29, 1.82) is 0 Å². The van der Waals surface area contributed by atoms with E-state index >= 15 is 0 Å². The van der Waals surface area contributed by atoms with Gasteiger partial charge >= 0.3 is 0 Å². The molecule has 3 rings (SSSR count). The summed E-state index contributed by atoms with van der Waals surface area (Å²) in [4.78, 5) is 0. The van der Waals surface area contributed by atoms with Crippen LogP contribution in [0.25, 0.3) is 0 Å². The minimum absolute atomic E-state index is 0.398. The van der Waals surface area contributed by atoms with Crippen LogP contribution >= 0.6 is 15.9 Å². The number of nitrogens with one attached hydrogen (secondary N) is 1. The standard InChI is InChI=1S/C12H15BrN2O/c13-9-5-7(14)1-3-10(9)15-11-6-8-2-4-12(11)16-8/h1,3,5,8,11-12,15H,2,4,6,14H2. The van der Waals surface area contributed by atoms with Gasteiger partial charge in [-0.15, -0.1) is 0 Å². The van der Waals surface area contributed by atoms with E-state index in [4.69, 9.17) is 10.5 Å². The van der Waals surface area contributed by atoms with Gasteiger partial charge in [-0.1, -0.05) is 0 Å². The minimum atomic E-state index is 0.398. The number of fused-ring (bicyclic) bond motifs is 2. The van der Waals surface area contributed by atoms with E-state index in [9.17, 15) is 0 Å². The highest BCUT2D eigenvalue weighted by atomic mass is 79.9. The van der Waals surface area contributed by atoms with Gasteiger partial charge in [0.05, 0.1) is 18.2 Å². The molecule has 86 valence electrons. The first-order valence-electron chi connectivity index (χ1n) is 5.69. The lowest BCUT2D eigenvalue weighted by Gasteiger charge is -2.22. The van der Waals surface area contributed by atoms with E-state index in [1.54, 1.807) is 0 Å². The minimum Gasteiger partial charge on any atom is -0.399 e. The van der Waals surface area contributed by atoms with E-state index in [2.05, 4.69) is 21.2 Å². The van der Waals surface area contributed by atoms with Crippen molar-refractivity contribution in [2.45, 2.75) is 37.5 Å². The average Bonchev–Trinajstić information content (AvgIpc) is 2.84. The van der Waals surface area contributed by atoms with Crippen molar-refractivity contribution in [1.82, 2.24) is 0 Å². The van der Waals surface area contributed by atoms with Gasteiger partial charge in [0, 0.05) is 15.8 Å². The Kier molecular flexibility index (Phi) is 2.56. The first-order chi connectivity index (χ1) is 7.72. The van der Waals surface area contributed by atoms with Gasteiger partial charge in [0.1, 0.15) is 0 Å². The van der Waals surface area contributed by atoms with Crippen molar-refractivity contribution in [2.24, 2.45) is 0 Å². The van der Waals surface area contributed by atoms with Gasteiger partial charge in [-0.25, -0.2) is 0 Å². The highest BCUT2D eigenvalue weighted by molar-refractivity contribution is 9.10. The summed E-state index contributed by atoms with van der Waals surface area (Å²) in [6.45, 7) is 0. The van der Waals surface area contributed by atoms with Crippen LogP contribution in [0.1, 0.15) is 19.3 Å². The number of nitrogen functional groups attached to an aromatic ring is 1. The maximum absolute atomic E-state index is 5.82. The summed E-state index contributed by atoms with van der Waals surface area (Å²) in [6.07, 6.45) is 4.42. The summed E-state index contributed by atoms with van der Waals surface area (Å²) < 4.78 is 6.84. The Balaban J connectivity index is 1.74. The Hall–Kier alpha value is -0.740. The maximum atomic E-state index is 5.82. The third kappa shape index (κ3) is 1.80. The second-order valence-corrected chi connectivity index (χ2v) is 5.45. The molecule has 2 bridgehead atoms. The molecule has 2 heterocycles. The first kappa shape index (κ1) is 10.4. The average molecular weight is 283 g/mol. The van der Waals surface area contributed by atoms with E-state index in [1.807, 2.05) is 18.2 Å². The van der Waals surface area contributed by atoms with Crippen molar-refractivity contribution in [3.05, 3.63) is 22.7 Å². The monoisotopic (exact) mass is 282 g/mol. The Morgan fingerprint density at radius 1 is 1.38 bits per heavy atom. The number of hydrogen-bond donors (Lipinski definition) is 2. The molecule has 16 heavy (non-hydrogen) atoms. The van der Waals surface area contributed by atoms with Gasteiger partial charge in [-0.05, 0) is 53.4 Å². The van der Waals surface area contributed by atoms with Crippen LogP contribution in [0.4, 0.5) is 11.4 Å². The summed E-state index contributed by atoms with van der Waals surface area (Å²) in [5.41, 5.74) is 7.60. The highest BCUT2D eigenvalue weighted by Crippen LogP contribution is 2.37. The fraction of sp³-hybridized carbons (Fsp3) is 0.500. The molecule has 4 heteroatoms. The molecule has 0 saturated carbocycles. The number of hydrogen-bond acceptors (Lipinski definition) is 3. The molecule has 0 radical (unpaired) electrons. The fourth-order valence-corrected chi connectivity index (χ4v) is 3.15. The predicted octanol–water partition coefficient (Wildman–Crippen LogP) is 2.76. The molecule has 2 aliphatic heterocycles. The van der Waals surface area contributed by atoms with Crippen LogP contribution < -0.4 is 11.1 Å². The van der Waals surface area contributed by atoms with Gasteiger partial charge in [0.25, 0.3) is 0 Å². The van der Waals surface area contributed by atoms with E-state index in [0.29, 0.717) is 18.2 Å². The first-order valence-corrected chi connectivity index (χ1v) is 6.49. The van der Waals surface area contributed by atoms with E-state index in [-0.39, 0.29) is 0 Å². The molecule has 3 nitrogen and oxygen atoms in total. The van der Waals surface area contributed by atoms with E-state index < -0.39 is 0 Å². The molecule has 2 fully saturated rings. The summed E-state index contributed by atoms with van der Waals surface area (Å²) in [5.74, 6) is 0. The van der Waals surface area contributed by atoms with Gasteiger partial charge in [-0.2, -0.15) is 0 Å². The Bertz CT molecular complexity index is 410. The summed E-state index contributed by atoms with van der Waals surface area (Å²) in [5, 5.41) is 3.54. The number of halogens is 1. The summed E-state index contributed by atoms with van der Waals surface area (Å²) in [6, 6.07) is 6.32. The van der Waals surface area contributed by atoms with Crippen molar-refractivity contribution in [3.63, 3.8) is 0 Å². The Morgan fingerprint density at radius 3 is 2.88 bits per heavy atom. The van der Waals surface area contributed by atoms with Crippen LogP contribution in [0.2, 0.25) is 0 Å². The molecule has 0 aliphatic carbocycles. The van der Waals surface area contributed by atoms with Crippen LogP contribution in [0, 0.1) is 0 Å². The number of ether oxygens (including phenoxy) is 1. The quantitative estimate of drug-likeness (QED) is 0.820. The van der Waals surface area contributed by atoms with Crippen molar-refractivity contribution < 1.29 is 4.74 Å². The van der Waals surface area contributed by atoms with E-state index in [1.165, 1.54) is 12.8 Å². The number of nitrogens with two attached hydrogens (primary N) is 1. The molecule has 1 aromatic carbocycles. The highest BCUT2D eigenvalue weighted by Gasteiger charge is 2.40. The van der Waals surface area contributed by atoms with Crippen LogP contribution in [0.5, 0.6) is 0 Å². The van der Waals surface area contributed by atoms with Crippen molar-refractivity contribution in [2.75, 3.05) is 11.1 Å². The molecular formula is C12H15BrN2O. The van der Waals surface area contributed by atoms with Gasteiger partial charge < -0.3 is 15.8 Å². The molecule has 3 atom stereocenters. The summed E-state index contributed by atoms with van der Waals surface area (Å²) >= 11 is 3.52. The van der Waals surface area contributed by atoms with Crippen LogP contribution in [0.15, 0.2) is 22.7 Å². The summed E-state index contributed by atoms with van der Waals surface area (Å²) in [7, 11) is 0. The zero-order chi connectivity index (χ0) is 11.1. The second kappa shape index (κ2) is 3.93. The predicted molar refractivity (Wildman–Crippen MR) is 68.5 cm³/mol. The Labute approximate surface area is 103 Å². The lowest BCUT2D eigenvalue weighted by molar-refractivity contribution is 0.102. The molecule has 3 N–H and O–H groups in total. The molecule has 1 aromatic rings. The van der Waals surface area contributed by atoms with Crippen LogP contribution in [-0.4, -0.2) is 18.2 Å². The Morgan fingerprint density at radius 2 is 2.25 bits per heavy atom. The largest absolute Gasteiger partial charge is 0.399 e. The lowest BCUT2D eigenvalue weighted by atomic mass is 9.95. The molecule has 2 aliphatic rings. The van der Waals surface area contributed by atoms with Crippen molar-refractivity contribution in [3.8, 4) is 0 Å². The lowest BCUT2D eigenvalue weighted by Crippen LogP contribution is -2.30. The molecule has 3 unspecified atom stereocenters. The molecule has 0 aromatic heterocycles.